The Morgan fingerprint density at radius 2 is 2.05 bits per heavy atom. The second-order valence-electron chi connectivity index (χ2n) is 5.64. The maximum absolute atomic E-state index is 11.9. The van der Waals surface area contributed by atoms with Gasteiger partial charge in [-0.05, 0) is 50.5 Å². The number of carbonyl (C=O) groups excluding carboxylic acids is 1. The highest BCUT2D eigenvalue weighted by Gasteiger charge is 2.18. The van der Waals surface area contributed by atoms with Crippen molar-refractivity contribution in [2.45, 2.75) is 39.2 Å². The van der Waals surface area contributed by atoms with Crippen LogP contribution in [0, 0.1) is 0 Å². The zero-order valence-corrected chi connectivity index (χ0v) is 14.2. The number of hydrogen-bond donors (Lipinski definition) is 1. The van der Waals surface area contributed by atoms with Crippen molar-refractivity contribution in [2.24, 2.45) is 0 Å². The first-order chi connectivity index (χ1) is 9.26. The molecule has 0 aliphatic rings. The van der Waals surface area contributed by atoms with Gasteiger partial charge in [-0.2, -0.15) is 0 Å². The monoisotopic (exact) mass is 343 g/mol. The van der Waals surface area contributed by atoms with E-state index in [0.29, 0.717) is 0 Å². The van der Waals surface area contributed by atoms with Gasteiger partial charge >= 0.3 is 6.09 Å². The summed E-state index contributed by atoms with van der Waals surface area (Å²) in [6.45, 7) is 7.58. The lowest BCUT2D eigenvalue weighted by atomic mass is 10.0. The van der Waals surface area contributed by atoms with Gasteiger partial charge in [-0.3, -0.25) is 5.32 Å². The lowest BCUT2D eigenvalue weighted by Crippen LogP contribution is -2.27. The lowest BCUT2D eigenvalue weighted by Gasteiger charge is -2.21. The summed E-state index contributed by atoms with van der Waals surface area (Å²) >= 11 is 3.46. The van der Waals surface area contributed by atoms with Crippen LogP contribution in [0.3, 0.4) is 0 Å². The van der Waals surface area contributed by atoms with Crippen LogP contribution < -0.4 is 10.1 Å². The molecule has 1 unspecified atom stereocenters. The highest BCUT2D eigenvalue weighted by atomic mass is 79.9. The number of methoxy groups -OCH3 is 1. The summed E-state index contributed by atoms with van der Waals surface area (Å²) in [5.74, 6) is 1.01. The minimum atomic E-state index is -0.516. The van der Waals surface area contributed by atoms with Gasteiger partial charge < -0.3 is 9.47 Å². The molecular formula is C15H22BrNO3. The van der Waals surface area contributed by atoms with Gasteiger partial charge in [0.2, 0.25) is 0 Å². The first-order valence-electron chi connectivity index (χ1n) is 6.50. The quantitative estimate of drug-likeness (QED) is 0.816. The standard InChI is InChI=1S/C15H22BrNO3/c1-10(9-16)12-8-11(19-5)6-7-13(12)17-14(18)20-15(2,3)4/h6-8,10H,9H2,1-5H3,(H,17,18). The summed E-state index contributed by atoms with van der Waals surface area (Å²) < 4.78 is 10.5. The van der Waals surface area contributed by atoms with E-state index in [1.54, 1.807) is 7.11 Å². The number of amides is 1. The molecule has 0 aliphatic heterocycles. The van der Waals surface area contributed by atoms with Crippen molar-refractivity contribution in [2.75, 3.05) is 17.8 Å². The number of rotatable bonds is 4. The van der Waals surface area contributed by atoms with E-state index in [2.05, 4.69) is 28.2 Å². The smallest absolute Gasteiger partial charge is 0.412 e. The summed E-state index contributed by atoms with van der Waals surface area (Å²) in [6.07, 6.45) is -0.453. The largest absolute Gasteiger partial charge is 0.497 e. The van der Waals surface area contributed by atoms with Gasteiger partial charge in [-0.25, -0.2) is 4.79 Å². The molecule has 1 rings (SSSR count). The normalized spacial score (nSPS) is 12.7. The average molecular weight is 344 g/mol. The maximum atomic E-state index is 11.9. The summed E-state index contributed by atoms with van der Waals surface area (Å²) in [6, 6.07) is 5.58. The molecule has 4 nitrogen and oxygen atoms in total. The number of carbonyl (C=O) groups is 1. The van der Waals surface area contributed by atoms with E-state index < -0.39 is 11.7 Å². The van der Waals surface area contributed by atoms with E-state index >= 15 is 0 Å². The first kappa shape index (κ1) is 16.8. The molecule has 1 aromatic rings. The summed E-state index contributed by atoms with van der Waals surface area (Å²) in [5.41, 5.74) is 1.23. The van der Waals surface area contributed by atoms with Crippen LogP contribution in [-0.2, 0) is 4.74 Å². The molecule has 1 aromatic carbocycles. The van der Waals surface area contributed by atoms with Crippen LogP contribution in [0.4, 0.5) is 10.5 Å². The molecular weight excluding hydrogens is 322 g/mol. The van der Waals surface area contributed by atoms with E-state index in [4.69, 9.17) is 9.47 Å². The van der Waals surface area contributed by atoms with Crippen molar-refractivity contribution >= 4 is 27.7 Å². The van der Waals surface area contributed by atoms with Gasteiger partial charge in [0.25, 0.3) is 0 Å². The molecule has 0 radical (unpaired) electrons. The van der Waals surface area contributed by atoms with Gasteiger partial charge in [0.15, 0.2) is 0 Å². The molecule has 0 bridgehead atoms. The van der Waals surface area contributed by atoms with Crippen molar-refractivity contribution in [3.8, 4) is 5.75 Å². The van der Waals surface area contributed by atoms with E-state index in [0.717, 1.165) is 22.3 Å². The van der Waals surface area contributed by atoms with Crippen LogP contribution in [0.25, 0.3) is 0 Å². The Bertz CT molecular complexity index is 469. The first-order valence-corrected chi connectivity index (χ1v) is 7.63. The van der Waals surface area contributed by atoms with E-state index in [1.807, 2.05) is 39.0 Å². The molecule has 1 amide bonds. The van der Waals surface area contributed by atoms with Gasteiger partial charge in [-0.15, -0.1) is 0 Å². The van der Waals surface area contributed by atoms with Crippen LogP contribution in [0.5, 0.6) is 5.75 Å². The number of halogens is 1. The predicted octanol–water partition coefficient (Wildman–Crippen LogP) is 4.54. The third kappa shape index (κ3) is 5.04. The van der Waals surface area contributed by atoms with Crippen molar-refractivity contribution in [3.05, 3.63) is 23.8 Å². The molecule has 0 aromatic heterocycles. The van der Waals surface area contributed by atoms with Gasteiger partial charge in [0.1, 0.15) is 11.4 Å². The third-order valence-corrected chi connectivity index (χ3v) is 3.63. The minimum absolute atomic E-state index is 0.245. The Kier molecular flexibility index (Phi) is 5.87. The second kappa shape index (κ2) is 6.97. The second-order valence-corrected chi connectivity index (χ2v) is 6.28. The average Bonchev–Trinajstić information content (AvgIpc) is 2.36. The zero-order chi connectivity index (χ0) is 15.3. The predicted molar refractivity (Wildman–Crippen MR) is 85.1 cm³/mol. The molecule has 5 heteroatoms. The molecule has 0 aliphatic carbocycles. The Hall–Kier alpha value is -1.23. The topological polar surface area (TPSA) is 47.6 Å². The molecule has 1 atom stereocenters. The highest BCUT2D eigenvalue weighted by Crippen LogP contribution is 2.30. The molecule has 1 N–H and O–H groups in total. The number of anilines is 1. The molecule has 112 valence electrons. The summed E-state index contributed by atoms with van der Waals surface area (Å²) in [7, 11) is 1.62. The van der Waals surface area contributed by atoms with Gasteiger partial charge in [0, 0.05) is 11.0 Å². The maximum Gasteiger partial charge on any atom is 0.412 e. The summed E-state index contributed by atoms with van der Waals surface area (Å²) in [4.78, 5) is 11.9. The van der Waals surface area contributed by atoms with Gasteiger partial charge in [0.05, 0.1) is 7.11 Å². The fourth-order valence-corrected chi connectivity index (χ4v) is 2.03. The van der Waals surface area contributed by atoms with Crippen LogP contribution >= 0.6 is 15.9 Å². The highest BCUT2D eigenvalue weighted by molar-refractivity contribution is 9.09. The van der Waals surface area contributed by atoms with Crippen molar-refractivity contribution in [1.82, 2.24) is 0 Å². The molecule has 0 heterocycles. The Morgan fingerprint density at radius 3 is 2.55 bits per heavy atom. The van der Waals surface area contributed by atoms with Crippen LogP contribution in [0.15, 0.2) is 18.2 Å². The minimum Gasteiger partial charge on any atom is -0.497 e. The molecule has 20 heavy (non-hydrogen) atoms. The van der Waals surface area contributed by atoms with E-state index in [1.165, 1.54) is 0 Å². The van der Waals surface area contributed by atoms with E-state index in [9.17, 15) is 4.79 Å². The van der Waals surface area contributed by atoms with Crippen LogP contribution in [0.2, 0.25) is 0 Å². The number of hydrogen-bond acceptors (Lipinski definition) is 3. The molecule has 0 spiro atoms. The molecule has 0 saturated carbocycles. The Morgan fingerprint density at radius 1 is 1.40 bits per heavy atom. The Labute approximate surface area is 129 Å². The number of alkyl halides is 1. The summed E-state index contributed by atoms with van der Waals surface area (Å²) in [5, 5.41) is 3.59. The fourth-order valence-electron chi connectivity index (χ4n) is 1.69. The number of benzene rings is 1. The lowest BCUT2D eigenvalue weighted by molar-refractivity contribution is 0.0636. The molecule has 0 saturated heterocycles. The molecule has 0 fully saturated rings. The van der Waals surface area contributed by atoms with Crippen molar-refractivity contribution < 1.29 is 14.3 Å². The SMILES string of the molecule is COc1ccc(NC(=O)OC(C)(C)C)c(C(C)CBr)c1. The fraction of sp³-hybridized carbons (Fsp3) is 0.533. The van der Waals surface area contributed by atoms with Crippen LogP contribution in [-0.4, -0.2) is 24.1 Å². The zero-order valence-electron chi connectivity index (χ0n) is 12.6. The third-order valence-electron chi connectivity index (χ3n) is 2.66. The number of nitrogens with one attached hydrogen (secondary N) is 1. The van der Waals surface area contributed by atoms with E-state index in [-0.39, 0.29) is 5.92 Å². The Balaban J connectivity index is 2.96. The van der Waals surface area contributed by atoms with Gasteiger partial charge in [-0.1, -0.05) is 22.9 Å². The van der Waals surface area contributed by atoms with Crippen LogP contribution in [0.1, 0.15) is 39.2 Å². The van der Waals surface area contributed by atoms with Crippen molar-refractivity contribution in [3.63, 3.8) is 0 Å². The van der Waals surface area contributed by atoms with Crippen molar-refractivity contribution in [1.29, 1.82) is 0 Å². The number of ether oxygens (including phenoxy) is 2.